The molecule has 4 nitrogen and oxygen atoms in total. The van der Waals surface area contributed by atoms with E-state index >= 15 is 0 Å². The van der Waals surface area contributed by atoms with Gasteiger partial charge in [-0.25, -0.2) is 0 Å². The predicted octanol–water partition coefficient (Wildman–Crippen LogP) is 1.85. The van der Waals surface area contributed by atoms with Gasteiger partial charge in [-0.05, 0) is 31.2 Å². The molecular weight excluding hydrogens is 391 g/mol. The molecule has 0 bridgehead atoms. The van der Waals surface area contributed by atoms with Gasteiger partial charge in [0.2, 0.25) is 0 Å². The summed E-state index contributed by atoms with van der Waals surface area (Å²) in [6.07, 6.45) is -2.73. The first-order chi connectivity index (χ1) is 14.4. The molecule has 0 radical (unpaired) electrons. The fourth-order valence-corrected chi connectivity index (χ4v) is 4.44. The fourth-order valence-electron chi connectivity index (χ4n) is 4.44. The monoisotopic (exact) mass is 417 g/mol. The lowest BCUT2D eigenvalue weighted by Crippen LogP contribution is -3.28. The number of rotatable bonds is 4. The number of piperazine rings is 1. The van der Waals surface area contributed by atoms with Crippen molar-refractivity contribution in [2.24, 2.45) is 0 Å². The maximum atomic E-state index is 13.1. The van der Waals surface area contributed by atoms with Gasteiger partial charge in [-0.15, -0.1) is 0 Å². The Hall–Kier alpha value is -2.64. The quantitative estimate of drug-likeness (QED) is 0.607. The third-order valence-corrected chi connectivity index (χ3v) is 6.17. The van der Waals surface area contributed by atoms with Crippen LogP contribution in [0.2, 0.25) is 0 Å². The van der Waals surface area contributed by atoms with E-state index < -0.39 is 11.7 Å². The molecule has 0 aliphatic carbocycles. The molecule has 3 N–H and O–H groups in total. The number of phenols is 1. The molecule has 1 fully saturated rings. The maximum absolute atomic E-state index is 13.1. The van der Waals surface area contributed by atoms with Gasteiger partial charge in [-0.1, -0.05) is 24.3 Å². The average Bonchev–Trinajstić information content (AvgIpc) is 2.76. The first-order valence-electron chi connectivity index (χ1n) is 10.3. The number of hydrogen-bond donors (Lipinski definition) is 3. The summed E-state index contributed by atoms with van der Waals surface area (Å²) in [5, 5.41) is 11.9. The molecule has 0 saturated carbocycles. The minimum absolute atomic E-state index is 0.107. The highest BCUT2D eigenvalue weighted by molar-refractivity contribution is 5.85. The van der Waals surface area contributed by atoms with E-state index in [0.717, 1.165) is 55.8 Å². The van der Waals surface area contributed by atoms with E-state index in [1.165, 1.54) is 9.80 Å². The lowest BCUT2D eigenvalue weighted by atomic mass is 9.93. The van der Waals surface area contributed by atoms with Crippen LogP contribution in [-0.2, 0) is 6.18 Å². The van der Waals surface area contributed by atoms with E-state index in [9.17, 15) is 18.3 Å². The number of alkyl halides is 3. The van der Waals surface area contributed by atoms with Crippen molar-refractivity contribution in [3.63, 3.8) is 0 Å². The topological polar surface area (TPSA) is 42.0 Å². The third-order valence-electron chi connectivity index (χ3n) is 6.17. The molecule has 1 aliphatic rings. The van der Waals surface area contributed by atoms with Crippen LogP contribution in [0.25, 0.3) is 10.9 Å². The number of phenolic OH excluding ortho intramolecular Hbond substituents is 1. The van der Waals surface area contributed by atoms with Crippen molar-refractivity contribution in [2.75, 3.05) is 32.7 Å². The van der Waals surface area contributed by atoms with Gasteiger partial charge < -0.3 is 14.9 Å². The average molecular weight is 417 g/mol. The summed E-state index contributed by atoms with van der Waals surface area (Å²) in [6.45, 7) is 6.98. The number of nitrogens with zero attached hydrogens (tertiary/aromatic N) is 1. The second kappa shape index (κ2) is 8.24. The van der Waals surface area contributed by atoms with Crippen LogP contribution in [0, 0.1) is 0 Å². The molecule has 30 heavy (non-hydrogen) atoms. The van der Waals surface area contributed by atoms with Gasteiger partial charge in [0, 0.05) is 17.1 Å². The van der Waals surface area contributed by atoms with Gasteiger partial charge in [-0.3, -0.25) is 4.98 Å². The molecule has 1 saturated heterocycles. The molecule has 0 spiro atoms. The number of pyridine rings is 1. The summed E-state index contributed by atoms with van der Waals surface area (Å²) in [6, 6.07) is 12.6. The van der Waals surface area contributed by atoms with Crippen molar-refractivity contribution < 1.29 is 28.1 Å². The smallest absolute Gasteiger partial charge is 0.416 e. The molecule has 2 heterocycles. The Kier molecular flexibility index (Phi) is 5.66. The van der Waals surface area contributed by atoms with Crippen LogP contribution in [0.3, 0.4) is 0 Å². The molecule has 0 amide bonds. The number of aromatic nitrogens is 1. The second-order valence-electron chi connectivity index (χ2n) is 7.89. The molecule has 4 rings (SSSR count). The lowest BCUT2D eigenvalue weighted by Gasteiger charge is -2.35. The van der Waals surface area contributed by atoms with E-state index in [2.05, 4.69) is 11.9 Å². The molecule has 1 atom stereocenters. The molecular formula is C23H26F3N3O+2. The summed E-state index contributed by atoms with van der Waals surface area (Å²) < 4.78 is 39.2. The second-order valence-corrected chi connectivity index (χ2v) is 7.89. The normalized spacial score (nSPS) is 20.9. The number of aromatic hydroxyl groups is 1. The van der Waals surface area contributed by atoms with E-state index in [0.29, 0.717) is 11.1 Å². The van der Waals surface area contributed by atoms with Crippen LogP contribution in [0.5, 0.6) is 5.75 Å². The zero-order chi connectivity index (χ0) is 21.3. The third kappa shape index (κ3) is 4.00. The van der Waals surface area contributed by atoms with Crippen LogP contribution < -0.4 is 9.80 Å². The molecule has 2 aromatic carbocycles. The van der Waals surface area contributed by atoms with Gasteiger partial charge in [0.1, 0.15) is 37.7 Å². The van der Waals surface area contributed by atoms with Crippen molar-refractivity contribution in [3.8, 4) is 5.75 Å². The summed E-state index contributed by atoms with van der Waals surface area (Å²) in [5.41, 5.74) is 1.33. The minimum Gasteiger partial charge on any atom is -0.505 e. The Morgan fingerprint density at radius 2 is 1.70 bits per heavy atom. The van der Waals surface area contributed by atoms with Crippen LogP contribution in [0.1, 0.15) is 29.7 Å². The van der Waals surface area contributed by atoms with Crippen molar-refractivity contribution in [2.45, 2.75) is 19.1 Å². The fraction of sp³-hybridized carbons (Fsp3) is 0.348. The van der Waals surface area contributed by atoms with Gasteiger partial charge in [0.05, 0.1) is 17.7 Å². The number of benzene rings is 2. The van der Waals surface area contributed by atoms with Gasteiger partial charge in [0.25, 0.3) is 0 Å². The standard InChI is InChI=1S/C23H24F3N3O/c1-2-28-12-14-29(15-13-28)21(17-5-8-18(9-6-17)23(24,25)26)19-10-7-16-4-3-11-27-20(16)22(19)30/h3-11,21,30H,2,12-15H2,1H3/p+2/t21-/m0/s1. The van der Waals surface area contributed by atoms with E-state index in [1.54, 1.807) is 18.3 Å². The number of nitrogens with one attached hydrogen (secondary N) is 2. The Labute approximate surface area is 173 Å². The van der Waals surface area contributed by atoms with Gasteiger partial charge in [0.15, 0.2) is 5.75 Å². The van der Waals surface area contributed by atoms with Crippen LogP contribution >= 0.6 is 0 Å². The summed E-state index contributed by atoms with van der Waals surface area (Å²) >= 11 is 0. The Balaban J connectivity index is 1.77. The maximum Gasteiger partial charge on any atom is 0.416 e. The lowest BCUT2D eigenvalue weighted by molar-refractivity contribution is -1.02. The Bertz CT molecular complexity index is 1010. The van der Waals surface area contributed by atoms with Crippen LogP contribution in [0.15, 0.2) is 54.7 Å². The molecule has 1 aromatic heterocycles. The summed E-state index contributed by atoms with van der Waals surface area (Å²) in [4.78, 5) is 7.09. The number of quaternary nitrogens is 2. The van der Waals surface area contributed by atoms with Crippen molar-refractivity contribution >= 4 is 10.9 Å². The number of hydrogen-bond acceptors (Lipinski definition) is 2. The van der Waals surface area contributed by atoms with Crippen molar-refractivity contribution in [1.82, 2.24) is 4.98 Å². The highest BCUT2D eigenvalue weighted by Crippen LogP contribution is 2.35. The Morgan fingerprint density at radius 3 is 2.33 bits per heavy atom. The largest absolute Gasteiger partial charge is 0.505 e. The number of halogens is 3. The van der Waals surface area contributed by atoms with Crippen molar-refractivity contribution in [3.05, 3.63) is 71.4 Å². The highest BCUT2D eigenvalue weighted by Gasteiger charge is 2.35. The first kappa shape index (κ1) is 20.6. The van der Waals surface area contributed by atoms with Gasteiger partial charge >= 0.3 is 6.18 Å². The summed E-state index contributed by atoms with van der Waals surface area (Å²) in [5.74, 6) is 0.107. The zero-order valence-corrected chi connectivity index (χ0v) is 16.8. The molecule has 7 heteroatoms. The Morgan fingerprint density at radius 1 is 1.00 bits per heavy atom. The number of fused-ring (bicyclic) bond motifs is 1. The molecule has 3 aromatic rings. The predicted molar refractivity (Wildman–Crippen MR) is 109 cm³/mol. The number of likely N-dealkylation sites (N-methyl/N-ethyl adjacent to an activating group) is 1. The first-order valence-corrected chi connectivity index (χ1v) is 10.3. The summed E-state index contributed by atoms with van der Waals surface area (Å²) in [7, 11) is 0. The van der Waals surface area contributed by atoms with E-state index in [4.69, 9.17) is 0 Å². The SMILES string of the molecule is CC[NH+]1CC[NH+]([C@@H](c2ccc(C(F)(F)F)cc2)c2ccc3cccnc3c2O)CC1. The molecule has 158 valence electrons. The zero-order valence-electron chi connectivity index (χ0n) is 16.8. The van der Waals surface area contributed by atoms with E-state index in [1.807, 2.05) is 24.3 Å². The highest BCUT2D eigenvalue weighted by atomic mass is 19.4. The minimum atomic E-state index is -4.37. The van der Waals surface area contributed by atoms with Gasteiger partial charge in [-0.2, -0.15) is 13.2 Å². The van der Waals surface area contributed by atoms with E-state index in [-0.39, 0.29) is 11.8 Å². The molecule has 0 unspecified atom stereocenters. The van der Waals surface area contributed by atoms with Crippen molar-refractivity contribution in [1.29, 1.82) is 0 Å². The van der Waals surface area contributed by atoms with Crippen LogP contribution in [-0.4, -0.2) is 42.8 Å². The van der Waals surface area contributed by atoms with Crippen LogP contribution in [0.4, 0.5) is 13.2 Å². The molecule has 1 aliphatic heterocycles.